The SMILES string of the molecule is C[C@H](N)c1cccc(F)c1Oc1cc(F)ccc1F. The van der Waals surface area contributed by atoms with Crippen molar-refractivity contribution >= 4 is 0 Å². The summed E-state index contributed by atoms with van der Waals surface area (Å²) in [5.41, 5.74) is 6.07. The molecule has 0 aromatic heterocycles. The van der Waals surface area contributed by atoms with Crippen molar-refractivity contribution in [3.8, 4) is 11.5 Å². The van der Waals surface area contributed by atoms with Gasteiger partial charge in [0.15, 0.2) is 23.1 Å². The topological polar surface area (TPSA) is 35.2 Å². The molecule has 0 unspecified atom stereocenters. The van der Waals surface area contributed by atoms with Crippen LogP contribution in [0.4, 0.5) is 13.2 Å². The Bertz CT molecular complexity index is 599. The lowest BCUT2D eigenvalue weighted by atomic mass is 10.1. The summed E-state index contributed by atoms with van der Waals surface area (Å²) in [5, 5.41) is 0. The first-order chi connectivity index (χ1) is 8.99. The molecule has 19 heavy (non-hydrogen) atoms. The van der Waals surface area contributed by atoms with Crippen LogP contribution in [-0.4, -0.2) is 0 Å². The van der Waals surface area contributed by atoms with E-state index in [1.807, 2.05) is 0 Å². The van der Waals surface area contributed by atoms with Crippen molar-refractivity contribution in [1.29, 1.82) is 0 Å². The number of hydrogen-bond acceptors (Lipinski definition) is 2. The average Bonchev–Trinajstić information content (AvgIpc) is 2.35. The van der Waals surface area contributed by atoms with Crippen molar-refractivity contribution in [3.05, 3.63) is 59.4 Å². The van der Waals surface area contributed by atoms with Gasteiger partial charge < -0.3 is 10.5 Å². The van der Waals surface area contributed by atoms with Crippen LogP contribution in [0.25, 0.3) is 0 Å². The third-order valence-electron chi connectivity index (χ3n) is 2.59. The minimum Gasteiger partial charge on any atom is -0.451 e. The van der Waals surface area contributed by atoms with E-state index in [4.69, 9.17) is 10.5 Å². The minimum absolute atomic E-state index is 0.193. The predicted octanol–water partition coefficient (Wildman–Crippen LogP) is 3.92. The zero-order valence-electron chi connectivity index (χ0n) is 10.2. The molecule has 5 heteroatoms. The molecule has 100 valence electrons. The van der Waals surface area contributed by atoms with Crippen LogP contribution in [0.5, 0.6) is 11.5 Å². The second-order valence-corrected chi connectivity index (χ2v) is 4.12. The molecule has 2 N–H and O–H groups in total. The number of ether oxygens (including phenoxy) is 1. The lowest BCUT2D eigenvalue weighted by Crippen LogP contribution is -2.08. The number of para-hydroxylation sites is 1. The summed E-state index contributed by atoms with van der Waals surface area (Å²) in [5.74, 6) is -2.71. The van der Waals surface area contributed by atoms with E-state index in [2.05, 4.69) is 0 Å². The molecule has 1 atom stereocenters. The molecule has 0 radical (unpaired) electrons. The van der Waals surface area contributed by atoms with Crippen molar-refractivity contribution in [2.24, 2.45) is 5.73 Å². The number of benzene rings is 2. The summed E-state index contributed by atoms with van der Waals surface area (Å²) >= 11 is 0. The smallest absolute Gasteiger partial charge is 0.167 e. The van der Waals surface area contributed by atoms with Gasteiger partial charge in [-0.05, 0) is 25.1 Å². The maximum atomic E-state index is 13.7. The van der Waals surface area contributed by atoms with Gasteiger partial charge in [-0.2, -0.15) is 0 Å². The zero-order valence-corrected chi connectivity index (χ0v) is 10.2. The van der Waals surface area contributed by atoms with Gasteiger partial charge in [-0.1, -0.05) is 12.1 Å². The summed E-state index contributed by atoms with van der Waals surface area (Å²) < 4.78 is 45.4. The van der Waals surface area contributed by atoms with Gasteiger partial charge in [0.25, 0.3) is 0 Å². The van der Waals surface area contributed by atoms with Gasteiger partial charge in [-0.3, -0.25) is 0 Å². The maximum Gasteiger partial charge on any atom is 0.167 e. The van der Waals surface area contributed by atoms with E-state index in [1.54, 1.807) is 13.0 Å². The van der Waals surface area contributed by atoms with Crippen LogP contribution < -0.4 is 10.5 Å². The van der Waals surface area contributed by atoms with Gasteiger partial charge in [0, 0.05) is 17.7 Å². The van der Waals surface area contributed by atoms with Crippen molar-refractivity contribution in [1.82, 2.24) is 0 Å². The highest BCUT2D eigenvalue weighted by Crippen LogP contribution is 2.32. The fourth-order valence-corrected chi connectivity index (χ4v) is 1.66. The Morgan fingerprint density at radius 1 is 1.05 bits per heavy atom. The highest BCUT2D eigenvalue weighted by molar-refractivity contribution is 5.41. The van der Waals surface area contributed by atoms with Crippen LogP contribution >= 0.6 is 0 Å². The molecule has 0 aliphatic heterocycles. The summed E-state index contributed by atoms with van der Waals surface area (Å²) in [6.07, 6.45) is 0. The Balaban J connectivity index is 2.46. The van der Waals surface area contributed by atoms with Crippen molar-refractivity contribution in [2.45, 2.75) is 13.0 Å². The lowest BCUT2D eigenvalue weighted by Gasteiger charge is -2.14. The van der Waals surface area contributed by atoms with Crippen LogP contribution in [0, 0.1) is 17.5 Å². The van der Waals surface area contributed by atoms with Gasteiger partial charge in [0.1, 0.15) is 5.82 Å². The first-order valence-corrected chi connectivity index (χ1v) is 5.66. The van der Waals surface area contributed by atoms with Gasteiger partial charge in [0.05, 0.1) is 0 Å². The molecule has 0 saturated heterocycles. The Labute approximate surface area is 108 Å². The van der Waals surface area contributed by atoms with Crippen molar-refractivity contribution in [3.63, 3.8) is 0 Å². The van der Waals surface area contributed by atoms with Crippen molar-refractivity contribution in [2.75, 3.05) is 0 Å². The van der Waals surface area contributed by atoms with E-state index in [1.165, 1.54) is 12.1 Å². The first kappa shape index (κ1) is 13.4. The fraction of sp³-hybridized carbons (Fsp3) is 0.143. The average molecular weight is 267 g/mol. The van der Waals surface area contributed by atoms with E-state index in [-0.39, 0.29) is 11.5 Å². The normalized spacial score (nSPS) is 12.3. The molecule has 0 amide bonds. The summed E-state index contributed by atoms with van der Waals surface area (Å²) in [6.45, 7) is 1.64. The van der Waals surface area contributed by atoms with Gasteiger partial charge in [-0.25, -0.2) is 13.2 Å². The van der Waals surface area contributed by atoms with Crippen LogP contribution in [0.2, 0.25) is 0 Å². The molecule has 2 aromatic carbocycles. The standard InChI is InChI=1S/C14H12F3NO/c1-8(18)10-3-2-4-12(17)14(10)19-13-7-9(15)5-6-11(13)16/h2-8H,18H2,1H3/t8-/m0/s1. The highest BCUT2D eigenvalue weighted by Gasteiger charge is 2.16. The number of halogens is 3. The fourth-order valence-electron chi connectivity index (χ4n) is 1.66. The largest absolute Gasteiger partial charge is 0.451 e. The molecule has 2 nitrogen and oxygen atoms in total. The first-order valence-electron chi connectivity index (χ1n) is 5.66. The molecule has 0 aliphatic carbocycles. The number of nitrogens with two attached hydrogens (primary N) is 1. The van der Waals surface area contributed by atoms with Crippen molar-refractivity contribution < 1.29 is 17.9 Å². The third kappa shape index (κ3) is 2.88. The molecule has 2 rings (SSSR count). The van der Waals surface area contributed by atoms with Crippen LogP contribution in [0.15, 0.2) is 36.4 Å². The molecular weight excluding hydrogens is 255 g/mol. The van der Waals surface area contributed by atoms with Gasteiger partial charge >= 0.3 is 0 Å². The molecule has 0 bridgehead atoms. The Morgan fingerprint density at radius 3 is 2.47 bits per heavy atom. The second kappa shape index (κ2) is 5.32. The highest BCUT2D eigenvalue weighted by atomic mass is 19.1. The van der Waals surface area contributed by atoms with Gasteiger partial charge in [0.2, 0.25) is 0 Å². The van der Waals surface area contributed by atoms with E-state index in [9.17, 15) is 13.2 Å². The number of rotatable bonds is 3. The zero-order chi connectivity index (χ0) is 14.0. The molecule has 0 heterocycles. The molecular formula is C14H12F3NO. The van der Waals surface area contributed by atoms with E-state index in [0.29, 0.717) is 5.56 Å². The van der Waals surface area contributed by atoms with Crippen LogP contribution in [0.1, 0.15) is 18.5 Å². The summed E-state index contributed by atoms with van der Waals surface area (Å²) in [4.78, 5) is 0. The Kier molecular flexibility index (Phi) is 3.76. The van der Waals surface area contributed by atoms with Crippen LogP contribution in [-0.2, 0) is 0 Å². The predicted molar refractivity (Wildman–Crippen MR) is 65.4 cm³/mol. The second-order valence-electron chi connectivity index (χ2n) is 4.12. The van der Waals surface area contributed by atoms with E-state index >= 15 is 0 Å². The quantitative estimate of drug-likeness (QED) is 0.914. The van der Waals surface area contributed by atoms with E-state index in [0.717, 1.165) is 18.2 Å². The van der Waals surface area contributed by atoms with E-state index < -0.39 is 23.5 Å². The number of hydrogen-bond donors (Lipinski definition) is 1. The third-order valence-corrected chi connectivity index (χ3v) is 2.59. The van der Waals surface area contributed by atoms with Gasteiger partial charge in [-0.15, -0.1) is 0 Å². The minimum atomic E-state index is -0.778. The molecule has 0 aliphatic rings. The summed E-state index contributed by atoms with van der Waals surface area (Å²) in [7, 11) is 0. The lowest BCUT2D eigenvalue weighted by molar-refractivity contribution is 0.403. The maximum absolute atomic E-state index is 13.7. The van der Waals surface area contributed by atoms with Crippen LogP contribution in [0.3, 0.4) is 0 Å². The Hall–Kier alpha value is -2.01. The summed E-state index contributed by atoms with van der Waals surface area (Å²) in [6, 6.07) is 6.43. The molecule has 0 spiro atoms. The molecule has 0 saturated carbocycles. The molecule has 2 aromatic rings. The Morgan fingerprint density at radius 2 is 1.79 bits per heavy atom. The molecule has 0 fully saturated rings. The monoisotopic (exact) mass is 267 g/mol.